The van der Waals surface area contributed by atoms with E-state index < -0.39 is 0 Å². The first-order valence-corrected chi connectivity index (χ1v) is 12.3. The van der Waals surface area contributed by atoms with Gasteiger partial charge in [0.15, 0.2) is 0 Å². The lowest BCUT2D eigenvalue weighted by Crippen LogP contribution is -2.58. The number of ether oxygens (including phenoxy) is 1. The summed E-state index contributed by atoms with van der Waals surface area (Å²) in [5.41, 5.74) is 3.01. The fourth-order valence-corrected chi connectivity index (χ4v) is 4.84. The van der Waals surface area contributed by atoms with Gasteiger partial charge >= 0.3 is 0 Å². The van der Waals surface area contributed by atoms with Gasteiger partial charge in [-0.05, 0) is 59.6 Å². The summed E-state index contributed by atoms with van der Waals surface area (Å²) in [5.74, 6) is 0. The minimum Gasteiger partial charge on any atom is -0.378 e. The monoisotopic (exact) mass is 430 g/mol. The molecule has 2 heterocycles. The van der Waals surface area contributed by atoms with Gasteiger partial charge in [0.25, 0.3) is 0 Å². The molecule has 176 valence electrons. The van der Waals surface area contributed by atoms with Gasteiger partial charge in [0.1, 0.15) is 0 Å². The predicted molar refractivity (Wildman–Crippen MR) is 131 cm³/mol. The molecule has 5 nitrogen and oxygen atoms in total. The van der Waals surface area contributed by atoms with Crippen LogP contribution < -0.4 is 5.32 Å². The molecule has 0 radical (unpaired) electrons. The zero-order valence-electron chi connectivity index (χ0n) is 20.8. The highest BCUT2D eigenvalue weighted by atomic mass is 16.5. The largest absolute Gasteiger partial charge is 0.378 e. The summed E-state index contributed by atoms with van der Waals surface area (Å²) in [5, 5.41) is 3.44. The Labute approximate surface area is 191 Å². The van der Waals surface area contributed by atoms with Gasteiger partial charge in [-0.3, -0.25) is 9.80 Å². The lowest BCUT2D eigenvalue weighted by Gasteiger charge is -2.45. The third-order valence-electron chi connectivity index (χ3n) is 7.17. The summed E-state index contributed by atoms with van der Waals surface area (Å²) in [7, 11) is 0. The van der Waals surface area contributed by atoms with Crippen LogP contribution in [0.3, 0.4) is 0 Å². The Morgan fingerprint density at radius 3 is 1.94 bits per heavy atom. The molecule has 2 aliphatic rings. The number of nitrogens with one attached hydrogen (secondary N) is 1. The van der Waals surface area contributed by atoms with E-state index in [0.717, 1.165) is 52.5 Å². The molecule has 31 heavy (non-hydrogen) atoms. The smallest absolute Gasteiger partial charge is 0.0645 e. The average Bonchev–Trinajstić information content (AvgIpc) is 2.76. The third kappa shape index (κ3) is 7.54. The number of piperazine rings is 2. The zero-order chi connectivity index (χ0) is 22.3. The fraction of sp³-hybridized carbons (Fsp3) is 0.769. The maximum atomic E-state index is 6.30. The van der Waals surface area contributed by atoms with E-state index in [1.165, 1.54) is 43.6 Å². The van der Waals surface area contributed by atoms with E-state index >= 15 is 0 Å². The highest BCUT2D eigenvalue weighted by molar-refractivity contribution is 5.21. The van der Waals surface area contributed by atoms with Crippen LogP contribution in [0.2, 0.25) is 0 Å². The molecule has 3 rings (SSSR count). The second kappa shape index (κ2) is 11.2. The molecule has 0 unspecified atom stereocenters. The van der Waals surface area contributed by atoms with Crippen molar-refractivity contribution in [1.29, 1.82) is 0 Å². The molecule has 0 aliphatic carbocycles. The quantitative estimate of drug-likeness (QED) is 0.617. The summed E-state index contributed by atoms with van der Waals surface area (Å²) in [6.45, 7) is 23.3. The van der Waals surface area contributed by atoms with Gasteiger partial charge in [-0.15, -0.1) is 0 Å². The summed E-state index contributed by atoms with van der Waals surface area (Å²) in [6, 6.07) is 9.00. The molecule has 1 aromatic carbocycles. The van der Waals surface area contributed by atoms with Crippen LogP contribution in [-0.2, 0) is 11.2 Å². The van der Waals surface area contributed by atoms with Gasteiger partial charge in [0, 0.05) is 63.4 Å². The van der Waals surface area contributed by atoms with Gasteiger partial charge in [-0.25, -0.2) is 0 Å². The molecule has 2 fully saturated rings. The van der Waals surface area contributed by atoms with Crippen molar-refractivity contribution in [3.05, 3.63) is 35.4 Å². The van der Waals surface area contributed by atoms with E-state index in [1.807, 2.05) is 0 Å². The number of aryl methyl sites for hydroxylation is 2. The first kappa shape index (κ1) is 24.7. The summed E-state index contributed by atoms with van der Waals surface area (Å²) < 4.78 is 6.30. The minimum atomic E-state index is 0.0908. The van der Waals surface area contributed by atoms with E-state index in [2.05, 4.69) is 78.9 Å². The molecule has 2 aliphatic heterocycles. The van der Waals surface area contributed by atoms with Crippen LogP contribution in [0, 0.1) is 6.92 Å². The highest BCUT2D eigenvalue weighted by Gasteiger charge is 2.32. The van der Waals surface area contributed by atoms with Crippen molar-refractivity contribution in [2.45, 2.75) is 58.5 Å². The van der Waals surface area contributed by atoms with Crippen molar-refractivity contribution in [3.63, 3.8) is 0 Å². The Balaban J connectivity index is 1.34. The maximum Gasteiger partial charge on any atom is 0.0645 e. The van der Waals surface area contributed by atoms with Gasteiger partial charge < -0.3 is 15.0 Å². The van der Waals surface area contributed by atoms with Crippen LogP contribution >= 0.6 is 0 Å². The number of hydrogen-bond acceptors (Lipinski definition) is 5. The molecule has 0 bridgehead atoms. The Morgan fingerprint density at radius 1 is 0.806 bits per heavy atom. The van der Waals surface area contributed by atoms with Crippen LogP contribution in [0.25, 0.3) is 0 Å². The van der Waals surface area contributed by atoms with Crippen molar-refractivity contribution >= 4 is 0 Å². The minimum absolute atomic E-state index is 0.0908. The molecule has 0 aromatic heterocycles. The molecular formula is C26H46N4O. The highest BCUT2D eigenvalue weighted by Crippen LogP contribution is 2.21. The van der Waals surface area contributed by atoms with Crippen LogP contribution in [0.4, 0.5) is 0 Å². The zero-order valence-corrected chi connectivity index (χ0v) is 20.8. The molecule has 5 heteroatoms. The molecular weight excluding hydrogens is 384 g/mol. The summed E-state index contributed by atoms with van der Waals surface area (Å²) in [6.07, 6.45) is 2.43. The number of nitrogens with zero attached hydrogens (tertiary/aromatic N) is 3. The Morgan fingerprint density at radius 2 is 1.35 bits per heavy atom. The summed E-state index contributed by atoms with van der Waals surface area (Å²) >= 11 is 0. The van der Waals surface area contributed by atoms with Crippen molar-refractivity contribution < 1.29 is 4.74 Å². The lowest BCUT2D eigenvalue weighted by atomic mass is 10.0. The van der Waals surface area contributed by atoms with Crippen molar-refractivity contribution in [2.24, 2.45) is 0 Å². The van der Waals surface area contributed by atoms with Crippen LogP contribution in [0.15, 0.2) is 24.3 Å². The van der Waals surface area contributed by atoms with E-state index in [9.17, 15) is 0 Å². The molecule has 0 spiro atoms. The number of benzene rings is 1. The second-order valence-electron chi connectivity index (χ2n) is 10.8. The normalized spacial score (nSPS) is 20.3. The Bertz CT molecular complexity index is 644. The first-order chi connectivity index (χ1) is 14.8. The van der Waals surface area contributed by atoms with Crippen LogP contribution in [0.5, 0.6) is 0 Å². The molecule has 1 N–H and O–H groups in total. The number of rotatable bonds is 10. The molecule has 1 aromatic rings. The summed E-state index contributed by atoms with van der Waals surface area (Å²) in [4.78, 5) is 7.82. The van der Waals surface area contributed by atoms with E-state index in [-0.39, 0.29) is 11.1 Å². The SMILES string of the molecule is Cc1ccc(CCCN2CCN(C(C)(C)COCC(C)(C)N3CCNCC3)CC2)cc1. The second-order valence-corrected chi connectivity index (χ2v) is 10.8. The molecule has 0 saturated carbocycles. The molecule has 0 atom stereocenters. The van der Waals surface area contributed by atoms with Gasteiger partial charge in [-0.1, -0.05) is 29.8 Å². The maximum absolute atomic E-state index is 6.30. The van der Waals surface area contributed by atoms with Crippen molar-refractivity contribution in [2.75, 3.05) is 72.1 Å². The van der Waals surface area contributed by atoms with Gasteiger partial charge in [-0.2, -0.15) is 0 Å². The third-order valence-corrected chi connectivity index (χ3v) is 7.17. The first-order valence-electron chi connectivity index (χ1n) is 12.3. The Kier molecular flexibility index (Phi) is 8.94. The standard InChI is InChI=1S/C26H46N4O/c1-23-8-10-24(11-9-23)7-6-14-28-17-19-30(20-18-28)26(4,5)22-31-21-25(2,3)29-15-12-27-13-16-29/h8-11,27H,6-7,12-22H2,1-5H3. The van der Waals surface area contributed by atoms with Gasteiger partial charge in [0.05, 0.1) is 13.2 Å². The van der Waals surface area contributed by atoms with E-state index in [1.54, 1.807) is 0 Å². The lowest BCUT2D eigenvalue weighted by molar-refractivity contribution is -0.0475. The van der Waals surface area contributed by atoms with E-state index in [4.69, 9.17) is 4.74 Å². The van der Waals surface area contributed by atoms with Gasteiger partial charge in [0.2, 0.25) is 0 Å². The topological polar surface area (TPSA) is 31.0 Å². The van der Waals surface area contributed by atoms with E-state index in [0.29, 0.717) is 0 Å². The van der Waals surface area contributed by atoms with Crippen molar-refractivity contribution in [1.82, 2.24) is 20.0 Å². The van der Waals surface area contributed by atoms with Crippen LogP contribution in [0.1, 0.15) is 45.2 Å². The Hall–Kier alpha value is -0.980. The number of hydrogen-bond donors (Lipinski definition) is 1. The molecule has 2 saturated heterocycles. The fourth-order valence-electron chi connectivity index (χ4n) is 4.84. The van der Waals surface area contributed by atoms with Crippen molar-refractivity contribution in [3.8, 4) is 0 Å². The molecule has 0 amide bonds. The van der Waals surface area contributed by atoms with Crippen LogP contribution in [-0.4, -0.2) is 97.9 Å². The predicted octanol–water partition coefficient (Wildman–Crippen LogP) is 3.02. The average molecular weight is 431 g/mol.